The van der Waals surface area contributed by atoms with Crippen molar-refractivity contribution in [3.63, 3.8) is 0 Å². The molecule has 0 bridgehead atoms. The summed E-state index contributed by atoms with van der Waals surface area (Å²) in [7, 11) is 0. The van der Waals surface area contributed by atoms with Gasteiger partial charge < -0.3 is 0 Å². The van der Waals surface area contributed by atoms with Crippen molar-refractivity contribution in [2.75, 3.05) is 0 Å². The third kappa shape index (κ3) is 3.22. The van der Waals surface area contributed by atoms with Crippen LogP contribution in [0, 0.1) is 11.8 Å². The van der Waals surface area contributed by atoms with Crippen molar-refractivity contribution in [1.29, 1.82) is 0 Å². The van der Waals surface area contributed by atoms with E-state index >= 15 is 0 Å². The van der Waals surface area contributed by atoms with Gasteiger partial charge in [0.05, 0.1) is 0 Å². The highest BCUT2D eigenvalue weighted by Crippen LogP contribution is 2.34. The molecule has 0 aromatic heterocycles. The highest BCUT2D eigenvalue weighted by molar-refractivity contribution is 5.05. The molecule has 0 aliphatic heterocycles. The largest absolute Gasteiger partial charge is 0.0853 e. The summed E-state index contributed by atoms with van der Waals surface area (Å²) in [5.41, 5.74) is 3.23. The molecule has 0 spiro atoms. The fourth-order valence-electron chi connectivity index (χ4n) is 2.94. The quantitative estimate of drug-likeness (QED) is 0.563. The number of hydrogen-bond donors (Lipinski definition) is 0. The lowest BCUT2D eigenvalue weighted by molar-refractivity contribution is 0.324. The molecule has 0 heteroatoms. The normalized spacial score (nSPS) is 32.1. The van der Waals surface area contributed by atoms with E-state index in [-0.39, 0.29) is 0 Å². The van der Waals surface area contributed by atoms with Crippen LogP contribution in [0.25, 0.3) is 0 Å². The predicted molar refractivity (Wildman–Crippen MR) is 66.8 cm³/mol. The summed E-state index contributed by atoms with van der Waals surface area (Å²) in [6.45, 7) is 4.56. The fraction of sp³-hybridized carbons (Fsp3) is 0.733. The molecule has 0 nitrogen and oxygen atoms in total. The van der Waals surface area contributed by atoms with E-state index in [2.05, 4.69) is 26.0 Å². The van der Waals surface area contributed by atoms with Crippen LogP contribution in [-0.4, -0.2) is 0 Å². The van der Waals surface area contributed by atoms with Crippen molar-refractivity contribution in [3.8, 4) is 0 Å². The van der Waals surface area contributed by atoms with E-state index in [1.165, 1.54) is 44.9 Å². The molecule has 0 N–H and O–H groups in total. The standard InChI is InChI=1S/C15H24/c1-12-3-7-14(8-4-12)11-15-9-5-13(2)6-10-15/h3,5,14-15H,4,6-11H2,1-2H3. The Morgan fingerprint density at radius 1 is 0.933 bits per heavy atom. The van der Waals surface area contributed by atoms with Crippen LogP contribution in [0.15, 0.2) is 23.3 Å². The SMILES string of the molecule is CC1=CCC(CC2CC=C(C)CC2)CC1. The molecule has 0 aromatic rings. The highest BCUT2D eigenvalue weighted by Gasteiger charge is 2.19. The molecule has 0 saturated carbocycles. The Kier molecular flexibility index (Phi) is 3.66. The van der Waals surface area contributed by atoms with E-state index in [1.54, 1.807) is 11.1 Å². The van der Waals surface area contributed by atoms with Crippen molar-refractivity contribution in [3.05, 3.63) is 23.3 Å². The van der Waals surface area contributed by atoms with Gasteiger partial charge in [0.2, 0.25) is 0 Å². The lowest BCUT2D eigenvalue weighted by atomic mass is 9.79. The summed E-state index contributed by atoms with van der Waals surface area (Å²) in [5, 5.41) is 0. The Hall–Kier alpha value is -0.520. The maximum Gasteiger partial charge on any atom is -0.0319 e. The van der Waals surface area contributed by atoms with Crippen LogP contribution >= 0.6 is 0 Å². The van der Waals surface area contributed by atoms with Gasteiger partial charge in [-0.05, 0) is 70.6 Å². The first-order valence-corrected chi connectivity index (χ1v) is 6.55. The number of hydrogen-bond acceptors (Lipinski definition) is 0. The maximum atomic E-state index is 2.47. The third-order valence-electron chi connectivity index (χ3n) is 4.16. The van der Waals surface area contributed by atoms with Crippen molar-refractivity contribution < 1.29 is 0 Å². The zero-order valence-corrected chi connectivity index (χ0v) is 10.3. The summed E-state index contributed by atoms with van der Waals surface area (Å²) in [6.07, 6.45) is 14.7. The van der Waals surface area contributed by atoms with Crippen LogP contribution in [0.1, 0.15) is 58.8 Å². The lowest BCUT2D eigenvalue weighted by Gasteiger charge is -2.27. The van der Waals surface area contributed by atoms with Gasteiger partial charge in [-0.1, -0.05) is 23.3 Å². The first-order chi connectivity index (χ1) is 7.24. The van der Waals surface area contributed by atoms with Crippen molar-refractivity contribution in [2.24, 2.45) is 11.8 Å². The molecular formula is C15H24. The fourth-order valence-corrected chi connectivity index (χ4v) is 2.94. The van der Waals surface area contributed by atoms with Gasteiger partial charge in [0, 0.05) is 0 Å². The Labute approximate surface area is 94.5 Å². The molecule has 15 heavy (non-hydrogen) atoms. The van der Waals surface area contributed by atoms with Gasteiger partial charge in [-0.15, -0.1) is 0 Å². The van der Waals surface area contributed by atoms with Crippen molar-refractivity contribution in [2.45, 2.75) is 58.8 Å². The molecule has 84 valence electrons. The van der Waals surface area contributed by atoms with Gasteiger partial charge in [0.25, 0.3) is 0 Å². The summed E-state index contributed by atoms with van der Waals surface area (Å²) < 4.78 is 0. The van der Waals surface area contributed by atoms with Crippen molar-refractivity contribution >= 4 is 0 Å². The zero-order valence-electron chi connectivity index (χ0n) is 10.3. The first kappa shape index (κ1) is 11.0. The molecule has 2 rings (SSSR count). The summed E-state index contributed by atoms with van der Waals surface area (Å²) in [4.78, 5) is 0. The van der Waals surface area contributed by atoms with E-state index in [1.807, 2.05) is 0 Å². The summed E-state index contributed by atoms with van der Waals surface area (Å²) in [6, 6.07) is 0. The molecular weight excluding hydrogens is 180 g/mol. The minimum atomic E-state index is 0.991. The predicted octanol–water partition coefficient (Wildman–Crippen LogP) is 4.87. The minimum Gasteiger partial charge on any atom is -0.0853 e. The van der Waals surface area contributed by atoms with Crippen LogP contribution in [0.2, 0.25) is 0 Å². The average molecular weight is 204 g/mol. The van der Waals surface area contributed by atoms with E-state index in [9.17, 15) is 0 Å². The summed E-state index contributed by atoms with van der Waals surface area (Å²) >= 11 is 0. The van der Waals surface area contributed by atoms with Crippen molar-refractivity contribution in [1.82, 2.24) is 0 Å². The first-order valence-electron chi connectivity index (χ1n) is 6.55. The second-order valence-corrected chi connectivity index (χ2v) is 5.62. The molecule has 0 radical (unpaired) electrons. The lowest BCUT2D eigenvalue weighted by Crippen LogP contribution is -2.13. The average Bonchev–Trinajstić information content (AvgIpc) is 2.25. The van der Waals surface area contributed by atoms with Crippen LogP contribution in [0.3, 0.4) is 0 Å². The monoisotopic (exact) mass is 204 g/mol. The van der Waals surface area contributed by atoms with Crippen LogP contribution in [0.4, 0.5) is 0 Å². The Balaban J connectivity index is 1.78. The van der Waals surface area contributed by atoms with Gasteiger partial charge in [-0.3, -0.25) is 0 Å². The van der Waals surface area contributed by atoms with Gasteiger partial charge >= 0.3 is 0 Å². The summed E-state index contributed by atoms with van der Waals surface area (Å²) in [5.74, 6) is 1.98. The van der Waals surface area contributed by atoms with Gasteiger partial charge in [-0.25, -0.2) is 0 Å². The van der Waals surface area contributed by atoms with Gasteiger partial charge in [-0.2, -0.15) is 0 Å². The minimum absolute atomic E-state index is 0.991. The molecule has 0 amide bonds. The molecule has 0 heterocycles. The smallest absolute Gasteiger partial charge is 0.0319 e. The topological polar surface area (TPSA) is 0 Å². The van der Waals surface area contributed by atoms with Crippen LogP contribution in [-0.2, 0) is 0 Å². The number of rotatable bonds is 2. The zero-order chi connectivity index (χ0) is 10.7. The van der Waals surface area contributed by atoms with Gasteiger partial charge in [0.1, 0.15) is 0 Å². The van der Waals surface area contributed by atoms with Crippen LogP contribution in [0.5, 0.6) is 0 Å². The molecule has 0 saturated heterocycles. The molecule has 2 aliphatic carbocycles. The number of allylic oxidation sites excluding steroid dienone is 4. The highest BCUT2D eigenvalue weighted by atomic mass is 14.2. The Morgan fingerprint density at radius 2 is 1.40 bits per heavy atom. The van der Waals surface area contributed by atoms with E-state index < -0.39 is 0 Å². The van der Waals surface area contributed by atoms with E-state index in [0.29, 0.717) is 0 Å². The maximum absolute atomic E-state index is 2.47. The van der Waals surface area contributed by atoms with Gasteiger partial charge in [0.15, 0.2) is 0 Å². The Bertz CT molecular complexity index is 242. The molecule has 0 fully saturated rings. The molecule has 0 aromatic carbocycles. The van der Waals surface area contributed by atoms with E-state index in [0.717, 1.165) is 11.8 Å². The molecule has 2 aliphatic rings. The molecule has 2 unspecified atom stereocenters. The molecule has 2 atom stereocenters. The van der Waals surface area contributed by atoms with Crippen LogP contribution < -0.4 is 0 Å². The second kappa shape index (κ2) is 5.01. The Morgan fingerprint density at radius 3 is 1.73 bits per heavy atom. The third-order valence-corrected chi connectivity index (χ3v) is 4.16. The van der Waals surface area contributed by atoms with E-state index in [4.69, 9.17) is 0 Å². The second-order valence-electron chi connectivity index (χ2n) is 5.62.